The van der Waals surface area contributed by atoms with Crippen molar-refractivity contribution in [3.8, 4) is 0 Å². The van der Waals surface area contributed by atoms with E-state index in [1.165, 1.54) is 24.8 Å². The van der Waals surface area contributed by atoms with Gasteiger partial charge in [0.25, 0.3) is 0 Å². The summed E-state index contributed by atoms with van der Waals surface area (Å²) in [5.41, 5.74) is 1.64. The Bertz CT molecular complexity index is 545. The second kappa shape index (κ2) is 9.76. The van der Waals surface area contributed by atoms with Gasteiger partial charge < -0.3 is 15.7 Å². The van der Waals surface area contributed by atoms with Crippen molar-refractivity contribution in [3.63, 3.8) is 0 Å². The van der Waals surface area contributed by atoms with E-state index in [2.05, 4.69) is 47.9 Å². The smallest absolute Gasteiger partial charge is 0.191 e. The number of aliphatic imine (C=N–C) groups is 1. The van der Waals surface area contributed by atoms with Crippen molar-refractivity contribution in [2.45, 2.75) is 57.0 Å². The first kappa shape index (κ1) is 20.5. The van der Waals surface area contributed by atoms with Crippen LogP contribution in [-0.4, -0.2) is 36.8 Å². The topological polar surface area (TPSA) is 56.7 Å². The van der Waals surface area contributed by atoms with Crippen LogP contribution >= 0.6 is 24.0 Å². The van der Waals surface area contributed by atoms with E-state index in [1.54, 1.807) is 0 Å². The molecule has 140 valence electrons. The summed E-state index contributed by atoms with van der Waals surface area (Å²) >= 11 is 0. The Balaban J connectivity index is 0.00000225. The van der Waals surface area contributed by atoms with Crippen LogP contribution in [0.4, 0.5) is 0 Å². The van der Waals surface area contributed by atoms with Gasteiger partial charge in [0.1, 0.15) is 0 Å². The maximum atomic E-state index is 9.99. The number of rotatable bonds is 6. The molecule has 2 saturated carbocycles. The number of hydrogen-bond donors (Lipinski definition) is 3. The molecule has 2 fully saturated rings. The first-order valence-electron chi connectivity index (χ1n) is 9.49. The quantitative estimate of drug-likeness (QED) is 0.349. The first-order chi connectivity index (χ1) is 11.7. The van der Waals surface area contributed by atoms with Gasteiger partial charge in [0.2, 0.25) is 0 Å². The van der Waals surface area contributed by atoms with E-state index in [1.807, 2.05) is 0 Å². The van der Waals surface area contributed by atoms with Crippen LogP contribution < -0.4 is 10.6 Å². The molecule has 2 aliphatic rings. The fraction of sp³-hybridized carbons (Fsp3) is 0.650. The minimum Gasteiger partial charge on any atom is -0.393 e. The van der Waals surface area contributed by atoms with Gasteiger partial charge in [-0.1, -0.05) is 43.2 Å². The summed E-state index contributed by atoms with van der Waals surface area (Å²) in [5.74, 6) is 1.25. The molecule has 2 unspecified atom stereocenters. The van der Waals surface area contributed by atoms with Crippen LogP contribution in [0.3, 0.4) is 0 Å². The average molecular weight is 457 g/mol. The first-order valence-corrected chi connectivity index (χ1v) is 9.49. The number of halogens is 1. The molecule has 4 nitrogen and oxygen atoms in total. The van der Waals surface area contributed by atoms with Gasteiger partial charge in [-0.15, -0.1) is 24.0 Å². The number of hydrogen-bond acceptors (Lipinski definition) is 2. The normalized spacial score (nSPS) is 25.0. The summed E-state index contributed by atoms with van der Waals surface area (Å²) in [5, 5.41) is 16.8. The zero-order valence-corrected chi connectivity index (χ0v) is 17.5. The standard InChI is InChI=1S/C20H31N3O.HI/c1-2-21-19(22-14-16-8-6-11-18(16)24)23-15-20(12-7-13-20)17-9-4-3-5-10-17;/h3-5,9-10,16,18,24H,2,6-8,11-15H2,1H3,(H2,21,22,23);1H. The highest BCUT2D eigenvalue weighted by atomic mass is 127. The molecular weight excluding hydrogens is 425 g/mol. The maximum Gasteiger partial charge on any atom is 0.191 e. The molecule has 1 aromatic rings. The van der Waals surface area contributed by atoms with E-state index >= 15 is 0 Å². The molecule has 0 saturated heterocycles. The fourth-order valence-electron chi connectivity index (χ4n) is 3.99. The molecule has 0 radical (unpaired) electrons. The van der Waals surface area contributed by atoms with Gasteiger partial charge >= 0.3 is 0 Å². The Morgan fingerprint density at radius 2 is 1.92 bits per heavy atom. The van der Waals surface area contributed by atoms with Crippen LogP contribution in [0, 0.1) is 5.92 Å². The summed E-state index contributed by atoms with van der Waals surface area (Å²) in [4.78, 5) is 4.88. The van der Waals surface area contributed by atoms with E-state index < -0.39 is 0 Å². The Kier molecular flexibility index (Phi) is 8.00. The molecule has 5 heteroatoms. The van der Waals surface area contributed by atoms with Gasteiger partial charge in [0.05, 0.1) is 12.6 Å². The summed E-state index contributed by atoms with van der Waals surface area (Å²) in [6.07, 6.45) is 6.78. The van der Waals surface area contributed by atoms with E-state index in [-0.39, 0.29) is 35.5 Å². The second-order valence-electron chi connectivity index (χ2n) is 7.33. The van der Waals surface area contributed by atoms with E-state index in [9.17, 15) is 5.11 Å². The third-order valence-corrected chi connectivity index (χ3v) is 5.73. The van der Waals surface area contributed by atoms with Gasteiger partial charge in [-0.2, -0.15) is 0 Å². The van der Waals surface area contributed by atoms with E-state index in [0.29, 0.717) is 5.92 Å². The molecule has 3 rings (SSSR count). The number of benzene rings is 1. The maximum absolute atomic E-state index is 9.99. The van der Waals surface area contributed by atoms with Crippen LogP contribution in [0.1, 0.15) is 51.0 Å². The summed E-state index contributed by atoms with van der Waals surface area (Å²) < 4.78 is 0. The lowest BCUT2D eigenvalue weighted by molar-refractivity contribution is 0.134. The van der Waals surface area contributed by atoms with Crippen molar-refractivity contribution in [2.24, 2.45) is 10.9 Å². The lowest BCUT2D eigenvalue weighted by Crippen LogP contribution is -2.43. The van der Waals surface area contributed by atoms with E-state index in [4.69, 9.17) is 4.99 Å². The highest BCUT2D eigenvalue weighted by Crippen LogP contribution is 2.43. The zero-order valence-electron chi connectivity index (χ0n) is 15.2. The molecule has 0 spiro atoms. The SMILES string of the molecule is CCNC(=NCC1(c2ccccc2)CCC1)NCC1CCCC1O.I. The predicted octanol–water partition coefficient (Wildman–Crippen LogP) is 3.44. The van der Waals surface area contributed by atoms with Gasteiger partial charge in [0, 0.05) is 24.4 Å². The molecule has 2 aliphatic carbocycles. The molecule has 0 aromatic heterocycles. The van der Waals surface area contributed by atoms with Crippen molar-refractivity contribution in [3.05, 3.63) is 35.9 Å². The largest absolute Gasteiger partial charge is 0.393 e. The Morgan fingerprint density at radius 3 is 2.48 bits per heavy atom. The minimum absolute atomic E-state index is 0. The van der Waals surface area contributed by atoms with Crippen LogP contribution in [0.5, 0.6) is 0 Å². The molecule has 0 amide bonds. The lowest BCUT2D eigenvalue weighted by atomic mass is 9.64. The van der Waals surface area contributed by atoms with Crippen molar-refractivity contribution < 1.29 is 5.11 Å². The highest BCUT2D eigenvalue weighted by Gasteiger charge is 2.38. The average Bonchev–Trinajstić information content (AvgIpc) is 2.97. The number of aliphatic hydroxyl groups excluding tert-OH is 1. The zero-order chi connectivity index (χ0) is 16.8. The molecule has 25 heavy (non-hydrogen) atoms. The Hall–Kier alpha value is -0.820. The lowest BCUT2D eigenvalue weighted by Gasteiger charge is -2.41. The van der Waals surface area contributed by atoms with Crippen molar-refractivity contribution in [2.75, 3.05) is 19.6 Å². The van der Waals surface area contributed by atoms with Crippen molar-refractivity contribution in [1.29, 1.82) is 0 Å². The minimum atomic E-state index is -0.150. The molecular formula is C20H32IN3O. The molecule has 0 heterocycles. The molecule has 3 N–H and O–H groups in total. The van der Waals surface area contributed by atoms with Crippen LogP contribution in [0.25, 0.3) is 0 Å². The molecule has 1 aromatic carbocycles. The highest BCUT2D eigenvalue weighted by molar-refractivity contribution is 14.0. The molecule has 0 aliphatic heterocycles. The van der Waals surface area contributed by atoms with Crippen LogP contribution in [0.15, 0.2) is 35.3 Å². The monoisotopic (exact) mass is 457 g/mol. The van der Waals surface area contributed by atoms with Gasteiger partial charge in [-0.25, -0.2) is 0 Å². The number of nitrogens with one attached hydrogen (secondary N) is 2. The fourth-order valence-corrected chi connectivity index (χ4v) is 3.99. The predicted molar refractivity (Wildman–Crippen MR) is 115 cm³/mol. The second-order valence-corrected chi connectivity index (χ2v) is 7.33. The summed E-state index contributed by atoms with van der Waals surface area (Å²) in [6, 6.07) is 10.8. The number of nitrogens with zero attached hydrogens (tertiary/aromatic N) is 1. The summed E-state index contributed by atoms with van der Waals surface area (Å²) in [7, 11) is 0. The Morgan fingerprint density at radius 1 is 1.16 bits per heavy atom. The van der Waals surface area contributed by atoms with Crippen LogP contribution in [-0.2, 0) is 5.41 Å². The number of aliphatic hydroxyl groups is 1. The molecule has 0 bridgehead atoms. The van der Waals surface area contributed by atoms with Gasteiger partial charge in [0.15, 0.2) is 5.96 Å². The van der Waals surface area contributed by atoms with Crippen molar-refractivity contribution >= 4 is 29.9 Å². The van der Waals surface area contributed by atoms with Crippen LogP contribution in [0.2, 0.25) is 0 Å². The van der Waals surface area contributed by atoms with E-state index in [0.717, 1.165) is 44.9 Å². The molecule has 2 atom stereocenters. The van der Waals surface area contributed by atoms with Gasteiger partial charge in [-0.05, 0) is 38.2 Å². The number of guanidine groups is 1. The Labute approximate surface area is 168 Å². The van der Waals surface area contributed by atoms with Gasteiger partial charge in [-0.3, -0.25) is 4.99 Å². The van der Waals surface area contributed by atoms with Crippen molar-refractivity contribution in [1.82, 2.24) is 10.6 Å². The third kappa shape index (κ3) is 5.09. The summed E-state index contributed by atoms with van der Waals surface area (Å²) in [6.45, 7) is 4.60. The third-order valence-electron chi connectivity index (χ3n) is 5.73.